The molecule has 31 heavy (non-hydrogen) atoms. The van der Waals surface area contributed by atoms with Crippen molar-refractivity contribution in [3.8, 4) is 5.69 Å². The van der Waals surface area contributed by atoms with E-state index >= 15 is 0 Å². The summed E-state index contributed by atoms with van der Waals surface area (Å²) < 4.78 is 16.0. The molecule has 8 heteroatoms. The van der Waals surface area contributed by atoms with Gasteiger partial charge in [0.25, 0.3) is 11.5 Å². The average Bonchev–Trinajstić information content (AvgIpc) is 2.73. The van der Waals surface area contributed by atoms with Crippen LogP contribution in [-0.4, -0.2) is 26.8 Å². The van der Waals surface area contributed by atoms with E-state index in [4.69, 9.17) is 0 Å². The summed E-state index contributed by atoms with van der Waals surface area (Å²) in [5, 5.41) is 6.65. The van der Waals surface area contributed by atoms with Gasteiger partial charge in [0.2, 0.25) is 5.69 Å². The minimum Gasteiger partial charge on any atom is -0.350 e. The lowest BCUT2D eigenvalue weighted by molar-refractivity contribution is 0.0939. The van der Waals surface area contributed by atoms with Gasteiger partial charge >= 0.3 is 5.69 Å². The highest BCUT2D eigenvalue weighted by atomic mass is 19.1. The zero-order valence-electron chi connectivity index (χ0n) is 18.0. The number of carbonyl (C=O) groups is 1. The summed E-state index contributed by atoms with van der Waals surface area (Å²) in [6.45, 7) is 7.66. The Morgan fingerprint density at radius 1 is 1.10 bits per heavy atom. The van der Waals surface area contributed by atoms with Gasteiger partial charge in [-0.2, -0.15) is 9.78 Å². The van der Waals surface area contributed by atoms with Crippen molar-refractivity contribution >= 4 is 5.91 Å². The molecule has 0 radical (unpaired) electrons. The third-order valence-corrected chi connectivity index (χ3v) is 4.81. The lowest BCUT2D eigenvalue weighted by Crippen LogP contribution is -2.46. The summed E-state index contributed by atoms with van der Waals surface area (Å²) in [5.74, 6) is -1.04. The SMILES string of the molecule is Cc1ccc(Cn2c(=O)c(C(=O)NCC(C)C)nn(-c3ccc(C)c(F)c3)c2=O)cc1. The monoisotopic (exact) mass is 424 g/mol. The first-order valence-corrected chi connectivity index (χ1v) is 10.0. The fraction of sp³-hybridized carbons (Fsp3) is 0.304. The maximum Gasteiger partial charge on any atom is 0.352 e. The fourth-order valence-electron chi connectivity index (χ4n) is 2.93. The molecule has 1 N–H and O–H groups in total. The number of aromatic nitrogens is 3. The molecule has 0 unspecified atom stereocenters. The molecule has 1 amide bonds. The number of halogens is 1. The van der Waals surface area contributed by atoms with Crippen LogP contribution in [0, 0.1) is 25.6 Å². The molecule has 0 bridgehead atoms. The maximum atomic E-state index is 14.1. The van der Waals surface area contributed by atoms with E-state index < -0.39 is 28.7 Å². The predicted octanol–water partition coefficient (Wildman–Crippen LogP) is 2.58. The maximum absolute atomic E-state index is 14.1. The first-order chi connectivity index (χ1) is 14.7. The zero-order valence-corrected chi connectivity index (χ0v) is 18.0. The highest BCUT2D eigenvalue weighted by molar-refractivity contribution is 5.91. The molecule has 0 fully saturated rings. The number of hydrogen-bond donors (Lipinski definition) is 1. The molecule has 0 spiro atoms. The van der Waals surface area contributed by atoms with Gasteiger partial charge in [-0.1, -0.05) is 49.7 Å². The van der Waals surface area contributed by atoms with Gasteiger partial charge in [0.15, 0.2) is 0 Å². The van der Waals surface area contributed by atoms with E-state index in [9.17, 15) is 18.8 Å². The predicted molar refractivity (Wildman–Crippen MR) is 116 cm³/mol. The van der Waals surface area contributed by atoms with Gasteiger partial charge in [-0.15, -0.1) is 0 Å². The minimum atomic E-state index is -0.796. The molecule has 3 aromatic rings. The Bertz CT molecular complexity index is 1230. The molecule has 1 aromatic heterocycles. The van der Waals surface area contributed by atoms with E-state index in [2.05, 4.69) is 10.4 Å². The number of nitrogens with one attached hydrogen (secondary N) is 1. The second-order valence-electron chi connectivity index (χ2n) is 7.96. The van der Waals surface area contributed by atoms with Gasteiger partial charge in [-0.05, 0) is 37.0 Å². The normalized spacial score (nSPS) is 11.0. The highest BCUT2D eigenvalue weighted by Crippen LogP contribution is 2.11. The van der Waals surface area contributed by atoms with E-state index in [0.29, 0.717) is 17.7 Å². The first kappa shape index (κ1) is 22.1. The first-order valence-electron chi connectivity index (χ1n) is 10.0. The number of carbonyl (C=O) groups excluding carboxylic acids is 1. The van der Waals surface area contributed by atoms with Crippen molar-refractivity contribution in [2.24, 2.45) is 5.92 Å². The van der Waals surface area contributed by atoms with Crippen molar-refractivity contribution < 1.29 is 9.18 Å². The summed E-state index contributed by atoms with van der Waals surface area (Å²) in [4.78, 5) is 38.8. The molecule has 162 valence electrons. The lowest BCUT2D eigenvalue weighted by atomic mass is 10.1. The van der Waals surface area contributed by atoms with Crippen LogP contribution in [0.3, 0.4) is 0 Å². The summed E-state index contributed by atoms with van der Waals surface area (Å²) in [7, 11) is 0. The molecule has 7 nitrogen and oxygen atoms in total. The Morgan fingerprint density at radius 2 is 1.77 bits per heavy atom. The van der Waals surface area contributed by atoms with Gasteiger partial charge in [-0.25, -0.2) is 9.18 Å². The molecular formula is C23H25FN4O3. The van der Waals surface area contributed by atoms with Crippen LogP contribution < -0.4 is 16.6 Å². The molecule has 0 saturated carbocycles. The minimum absolute atomic E-state index is 0.0424. The number of hydrogen-bond acceptors (Lipinski definition) is 4. The Labute approximate surface area is 179 Å². The van der Waals surface area contributed by atoms with E-state index in [0.717, 1.165) is 20.9 Å². The third-order valence-electron chi connectivity index (χ3n) is 4.81. The van der Waals surface area contributed by atoms with Crippen LogP contribution >= 0.6 is 0 Å². The van der Waals surface area contributed by atoms with Gasteiger partial charge in [0, 0.05) is 12.6 Å². The second-order valence-corrected chi connectivity index (χ2v) is 7.96. The Kier molecular flexibility index (Phi) is 6.48. The van der Waals surface area contributed by atoms with Crippen molar-refractivity contribution in [2.45, 2.75) is 34.2 Å². The highest BCUT2D eigenvalue weighted by Gasteiger charge is 2.21. The number of nitrogens with zero attached hydrogens (tertiary/aromatic N) is 3. The summed E-state index contributed by atoms with van der Waals surface area (Å²) in [5.41, 5.74) is 0.305. The topological polar surface area (TPSA) is 86.0 Å². The van der Waals surface area contributed by atoms with Crippen LogP contribution in [0.1, 0.15) is 41.0 Å². The molecule has 0 aliphatic carbocycles. The number of benzene rings is 2. The van der Waals surface area contributed by atoms with E-state index in [1.54, 1.807) is 19.1 Å². The standard InChI is InChI=1S/C23H25FN4O3/c1-14(2)12-25-21(29)20-22(30)27(13-17-8-5-15(3)6-9-17)23(31)28(26-20)18-10-7-16(4)19(24)11-18/h5-11,14H,12-13H2,1-4H3,(H,25,29). The van der Waals surface area contributed by atoms with E-state index in [1.165, 1.54) is 12.1 Å². The smallest absolute Gasteiger partial charge is 0.350 e. The van der Waals surface area contributed by atoms with Crippen LogP contribution in [0.15, 0.2) is 52.1 Å². The van der Waals surface area contributed by atoms with Crippen molar-refractivity contribution in [3.05, 3.63) is 91.5 Å². The summed E-state index contributed by atoms with van der Waals surface area (Å²) in [6.07, 6.45) is 0. The lowest BCUT2D eigenvalue weighted by Gasteiger charge is -2.13. The zero-order chi connectivity index (χ0) is 22.7. The molecule has 0 aliphatic rings. The summed E-state index contributed by atoms with van der Waals surface area (Å²) >= 11 is 0. The Balaban J connectivity index is 2.17. The van der Waals surface area contributed by atoms with Gasteiger partial charge < -0.3 is 5.32 Å². The Morgan fingerprint density at radius 3 is 2.39 bits per heavy atom. The molecular weight excluding hydrogens is 399 g/mol. The largest absolute Gasteiger partial charge is 0.352 e. The van der Waals surface area contributed by atoms with Gasteiger partial charge in [0.1, 0.15) is 5.82 Å². The number of amides is 1. The van der Waals surface area contributed by atoms with Crippen molar-refractivity contribution in [3.63, 3.8) is 0 Å². The second kappa shape index (κ2) is 9.07. The molecule has 2 aromatic carbocycles. The molecule has 0 aliphatic heterocycles. The summed E-state index contributed by atoms with van der Waals surface area (Å²) in [6, 6.07) is 11.5. The molecule has 0 saturated heterocycles. The average molecular weight is 424 g/mol. The van der Waals surface area contributed by atoms with Crippen molar-refractivity contribution in [1.29, 1.82) is 0 Å². The van der Waals surface area contributed by atoms with Crippen molar-refractivity contribution in [2.75, 3.05) is 6.54 Å². The molecule has 3 rings (SSSR count). The van der Waals surface area contributed by atoms with Crippen molar-refractivity contribution in [1.82, 2.24) is 19.7 Å². The van der Waals surface area contributed by atoms with Crippen LogP contribution in [0.25, 0.3) is 5.69 Å². The molecule has 0 atom stereocenters. The quantitative estimate of drug-likeness (QED) is 0.659. The van der Waals surface area contributed by atoms with Gasteiger partial charge in [-0.3, -0.25) is 14.2 Å². The fourth-order valence-corrected chi connectivity index (χ4v) is 2.93. The van der Waals surface area contributed by atoms with Crippen LogP contribution in [0.4, 0.5) is 4.39 Å². The Hall–Kier alpha value is -3.55. The van der Waals surface area contributed by atoms with E-state index in [1.807, 2.05) is 32.9 Å². The number of rotatable bonds is 6. The van der Waals surface area contributed by atoms with Crippen LogP contribution in [0.2, 0.25) is 0 Å². The van der Waals surface area contributed by atoms with E-state index in [-0.39, 0.29) is 18.2 Å². The van der Waals surface area contributed by atoms with Crippen LogP contribution in [0.5, 0.6) is 0 Å². The third kappa shape index (κ3) is 4.96. The van der Waals surface area contributed by atoms with Gasteiger partial charge in [0.05, 0.1) is 12.2 Å². The number of aryl methyl sites for hydroxylation is 2. The van der Waals surface area contributed by atoms with Crippen LogP contribution in [-0.2, 0) is 6.54 Å². The molecule has 1 heterocycles.